The van der Waals surface area contributed by atoms with E-state index in [2.05, 4.69) is 16.0 Å². The summed E-state index contributed by atoms with van der Waals surface area (Å²) in [5.74, 6) is 0.0721. The van der Waals surface area contributed by atoms with Crippen LogP contribution in [0, 0.1) is 0 Å². The fourth-order valence-electron chi connectivity index (χ4n) is 4.52. The van der Waals surface area contributed by atoms with E-state index in [9.17, 15) is 34.8 Å². The third-order valence-corrected chi connectivity index (χ3v) is 7.37. The molecule has 16 nitrogen and oxygen atoms in total. The van der Waals surface area contributed by atoms with Gasteiger partial charge in [0.1, 0.15) is 24.4 Å². The van der Waals surface area contributed by atoms with Gasteiger partial charge < -0.3 is 64.8 Å². The van der Waals surface area contributed by atoms with E-state index in [0.717, 1.165) is 44.9 Å². The van der Waals surface area contributed by atoms with Crippen molar-refractivity contribution in [2.75, 3.05) is 85.7 Å². The molecular weight excluding hydrogens is 634 g/mol. The summed E-state index contributed by atoms with van der Waals surface area (Å²) in [4.78, 5) is 34.9. The second-order valence-electron chi connectivity index (χ2n) is 11.4. The lowest BCUT2D eigenvalue weighted by Crippen LogP contribution is -2.59. The first-order chi connectivity index (χ1) is 23.3. The molecule has 7 N–H and O–H groups in total. The molecule has 0 radical (unpaired) electrons. The number of unbranched alkanes of at least 4 members (excludes halogenated alkanes) is 4. The van der Waals surface area contributed by atoms with Gasteiger partial charge in [0, 0.05) is 52.1 Å². The van der Waals surface area contributed by atoms with Gasteiger partial charge in [0.05, 0.1) is 52.9 Å². The summed E-state index contributed by atoms with van der Waals surface area (Å²) in [6.07, 6.45) is 0.731. The number of amides is 3. The summed E-state index contributed by atoms with van der Waals surface area (Å²) < 4.78 is 32.5. The van der Waals surface area contributed by atoms with Crippen LogP contribution in [0.3, 0.4) is 0 Å². The summed E-state index contributed by atoms with van der Waals surface area (Å²) in [5.41, 5.74) is 0. The first-order valence-electron chi connectivity index (χ1n) is 17.3. The number of nitrogens with one attached hydrogen (secondary N) is 3. The molecule has 5 atom stereocenters. The van der Waals surface area contributed by atoms with Crippen LogP contribution in [0.1, 0.15) is 71.1 Å². The summed E-state index contributed by atoms with van der Waals surface area (Å²) in [6.45, 7) is 6.34. The predicted molar refractivity (Wildman–Crippen MR) is 174 cm³/mol. The quantitative estimate of drug-likeness (QED) is 0.0439. The summed E-state index contributed by atoms with van der Waals surface area (Å²) in [6, 6.07) is 0. The second kappa shape index (κ2) is 29.9. The van der Waals surface area contributed by atoms with Gasteiger partial charge in [-0.05, 0) is 32.1 Å². The van der Waals surface area contributed by atoms with Gasteiger partial charge in [0.25, 0.3) is 0 Å². The standard InChI is InChI=1S/C32H61N3O13/c1-2-26(37)33-12-7-3-5-10-27(38)34-13-9-16-44-19-18-43-15-8-4-6-11-28(39)35-14-17-45-20-21-46-22-23-47-32-31(42)30(41)29(40)25(24-36)48-32/h25,29-32,36,40-42H,2-24H2,1H3,(H,33,37)(H,34,38)(H,35,39)/t25?,29-,30+,31?,32+/m1/s1. The Morgan fingerprint density at radius 3 is 1.73 bits per heavy atom. The van der Waals surface area contributed by atoms with E-state index >= 15 is 0 Å². The van der Waals surface area contributed by atoms with Crippen LogP contribution in [0.15, 0.2) is 0 Å². The molecule has 1 aliphatic rings. The summed E-state index contributed by atoms with van der Waals surface area (Å²) in [5, 5.41) is 47.1. The maximum atomic E-state index is 12.0. The topological polar surface area (TPSA) is 224 Å². The zero-order valence-electron chi connectivity index (χ0n) is 28.6. The Balaban J connectivity index is 1.79. The van der Waals surface area contributed by atoms with E-state index in [1.807, 2.05) is 6.92 Å². The minimum absolute atomic E-state index is 0.0280. The van der Waals surface area contributed by atoms with Crippen LogP contribution in [0.25, 0.3) is 0 Å². The molecule has 0 aromatic carbocycles. The molecule has 2 unspecified atom stereocenters. The van der Waals surface area contributed by atoms with Gasteiger partial charge in [-0.15, -0.1) is 0 Å². The molecule has 1 rings (SSSR count). The van der Waals surface area contributed by atoms with Gasteiger partial charge in [-0.1, -0.05) is 19.8 Å². The number of hydrogen-bond acceptors (Lipinski definition) is 13. The van der Waals surface area contributed by atoms with E-state index in [0.29, 0.717) is 85.1 Å². The number of ether oxygens (including phenoxy) is 6. The maximum Gasteiger partial charge on any atom is 0.220 e. The lowest BCUT2D eigenvalue weighted by Gasteiger charge is -2.39. The van der Waals surface area contributed by atoms with Crippen molar-refractivity contribution in [3.63, 3.8) is 0 Å². The van der Waals surface area contributed by atoms with Crippen LogP contribution in [0.5, 0.6) is 0 Å². The molecule has 48 heavy (non-hydrogen) atoms. The zero-order valence-corrected chi connectivity index (χ0v) is 28.6. The Bertz CT molecular complexity index is 824. The maximum absolute atomic E-state index is 12.0. The first kappa shape index (κ1) is 44.0. The van der Waals surface area contributed by atoms with Crippen molar-refractivity contribution >= 4 is 17.7 Å². The molecule has 0 bridgehead atoms. The molecule has 1 aliphatic heterocycles. The fourth-order valence-corrected chi connectivity index (χ4v) is 4.52. The molecule has 1 fully saturated rings. The Morgan fingerprint density at radius 1 is 0.562 bits per heavy atom. The van der Waals surface area contributed by atoms with Crippen molar-refractivity contribution in [2.45, 2.75) is 102 Å². The van der Waals surface area contributed by atoms with Gasteiger partial charge in [0.2, 0.25) is 17.7 Å². The SMILES string of the molecule is CCC(=O)NCCCCCC(=O)NCCCOCCOCCCCCC(=O)NCCOCCOCCO[C@H]1OC(CO)[C@@H](O)[C@H](O)C1O. The number of carbonyl (C=O) groups excluding carboxylic acids is 3. The largest absolute Gasteiger partial charge is 0.394 e. The van der Waals surface area contributed by atoms with E-state index in [1.165, 1.54) is 0 Å². The number of aliphatic hydroxyl groups is 4. The van der Waals surface area contributed by atoms with Crippen LogP contribution in [0.2, 0.25) is 0 Å². The number of carbonyl (C=O) groups is 3. The van der Waals surface area contributed by atoms with Gasteiger partial charge in [-0.25, -0.2) is 0 Å². The fraction of sp³-hybridized carbons (Fsp3) is 0.906. The van der Waals surface area contributed by atoms with Crippen molar-refractivity contribution in [3.05, 3.63) is 0 Å². The van der Waals surface area contributed by atoms with Crippen molar-refractivity contribution in [1.29, 1.82) is 0 Å². The van der Waals surface area contributed by atoms with Crippen molar-refractivity contribution in [2.24, 2.45) is 0 Å². The van der Waals surface area contributed by atoms with Gasteiger partial charge in [-0.2, -0.15) is 0 Å². The lowest BCUT2D eigenvalue weighted by atomic mass is 9.99. The monoisotopic (exact) mass is 695 g/mol. The van der Waals surface area contributed by atoms with Crippen LogP contribution in [-0.2, 0) is 42.8 Å². The number of hydrogen-bond donors (Lipinski definition) is 7. The minimum atomic E-state index is -1.49. The molecule has 0 aromatic heterocycles. The Labute approximate surface area is 284 Å². The van der Waals surface area contributed by atoms with E-state index < -0.39 is 37.3 Å². The van der Waals surface area contributed by atoms with Crippen LogP contribution < -0.4 is 16.0 Å². The summed E-state index contributed by atoms with van der Waals surface area (Å²) in [7, 11) is 0. The highest BCUT2D eigenvalue weighted by atomic mass is 16.7. The number of rotatable bonds is 31. The highest BCUT2D eigenvalue weighted by molar-refractivity contribution is 5.76. The van der Waals surface area contributed by atoms with E-state index in [1.54, 1.807) is 0 Å². The van der Waals surface area contributed by atoms with E-state index in [4.69, 9.17) is 28.4 Å². The molecule has 0 spiro atoms. The average molecular weight is 696 g/mol. The molecular formula is C32H61N3O13. The number of aliphatic hydroxyl groups excluding tert-OH is 4. The Hall–Kier alpha value is -1.99. The Kier molecular flexibility index (Phi) is 27.4. The molecule has 282 valence electrons. The van der Waals surface area contributed by atoms with Gasteiger partial charge >= 0.3 is 0 Å². The molecule has 3 amide bonds. The normalized spacial score (nSPS) is 20.8. The summed E-state index contributed by atoms with van der Waals surface area (Å²) >= 11 is 0. The van der Waals surface area contributed by atoms with Gasteiger partial charge in [-0.3, -0.25) is 14.4 Å². The smallest absolute Gasteiger partial charge is 0.220 e. The molecule has 0 saturated carbocycles. The highest BCUT2D eigenvalue weighted by Gasteiger charge is 2.43. The van der Waals surface area contributed by atoms with E-state index in [-0.39, 0.29) is 30.9 Å². The molecule has 1 heterocycles. The molecule has 0 aliphatic carbocycles. The van der Waals surface area contributed by atoms with Crippen molar-refractivity contribution < 1.29 is 63.2 Å². The van der Waals surface area contributed by atoms with Crippen LogP contribution >= 0.6 is 0 Å². The zero-order chi connectivity index (χ0) is 35.2. The highest BCUT2D eigenvalue weighted by Crippen LogP contribution is 2.21. The minimum Gasteiger partial charge on any atom is -0.394 e. The van der Waals surface area contributed by atoms with Gasteiger partial charge in [0.15, 0.2) is 6.29 Å². The lowest BCUT2D eigenvalue weighted by molar-refractivity contribution is -0.302. The molecule has 16 heteroatoms. The van der Waals surface area contributed by atoms with Crippen LogP contribution in [-0.4, -0.2) is 155 Å². The third-order valence-electron chi connectivity index (χ3n) is 7.37. The first-order valence-corrected chi connectivity index (χ1v) is 17.3. The average Bonchev–Trinajstić information content (AvgIpc) is 3.08. The van der Waals surface area contributed by atoms with Crippen molar-refractivity contribution in [1.82, 2.24) is 16.0 Å². The predicted octanol–water partition coefficient (Wildman–Crippen LogP) is -0.861. The second-order valence-corrected chi connectivity index (χ2v) is 11.4. The van der Waals surface area contributed by atoms with Crippen molar-refractivity contribution in [3.8, 4) is 0 Å². The molecule has 1 saturated heterocycles. The molecule has 0 aromatic rings. The van der Waals surface area contributed by atoms with Crippen LogP contribution in [0.4, 0.5) is 0 Å². The third kappa shape index (κ3) is 22.6. The Morgan fingerprint density at radius 2 is 1.08 bits per heavy atom.